The van der Waals surface area contributed by atoms with E-state index in [0.29, 0.717) is 32.6 Å². The Kier molecular flexibility index (Phi) is 4.57. The fourth-order valence-electron chi connectivity index (χ4n) is 3.22. The predicted molar refractivity (Wildman–Crippen MR) is 93.2 cm³/mol. The number of fused-ring (bicyclic) bond motifs is 1. The number of benzene rings is 1. The van der Waals surface area contributed by atoms with E-state index in [-0.39, 0.29) is 5.91 Å². The van der Waals surface area contributed by atoms with E-state index in [4.69, 9.17) is 15.2 Å². The lowest BCUT2D eigenvalue weighted by Crippen LogP contribution is -2.46. The second kappa shape index (κ2) is 6.65. The maximum absolute atomic E-state index is 12.0. The molecule has 6 nitrogen and oxygen atoms in total. The molecule has 0 saturated carbocycles. The van der Waals surface area contributed by atoms with Crippen LogP contribution in [0.2, 0.25) is 0 Å². The van der Waals surface area contributed by atoms with Crippen molar-refractivity contribution in [2.45, 2.75) is 19.8 Å². The Balaban J connectivity index is 1.95. The van der Waals surface area contributed by atoms with E-state index in [1.54, 1.807) is 7.11 Å². The summed E-state index contributed by atoms with van der Waals surface area (Å²) >= 11 is 0. The summed E-state index contributed by atoms with van der Waals surface area (Å²) in [5.74, 6) is 0.457. The molecule has 2 aromatic rings. The lowest BCUT2D eigenvalue weighted by atomic mass is 9.79. The monoisotopic (exact) mass is 329 g/mol. The third-order valence-electron chi connectivity index (χ3n) is 4.85. The highest BCUT2D eigenvalue weighted by molar-refractivity contribution is 5.96. The molecule has 1 aromatic heterocycles. The molecule has 3 N–H and O–H groups in total. The Morgan fingerprint density at radius 2 is 2.17 bits per heavy atom. The van der Waals surface area contributed by atoms with Crippen molar-refractivity contribution in [3.63, 3.8) is 0 Å². The van der Waals surface area contributed by atoms with Gasteiger partial charge < -0.3 is 20.5 Å². The van der Waals surface area contributed by atoms with E-state index in [1.165, 1.54) is 0 Å². The van der Waals surface area contributed by atoms with Crippen molar-refractivity contribution in [3.8, 4) is 5.75 Å². The molecule has 1 aromatic carbocycles. The number of hydrogen-bond acceptors (Lipinski definition) is 5. The van der Waals surface area contributed by atoms with Crippen molar-refractivity contribution in [3.05, 3.63) is 30.0 Å². The Morgan fingerprint density at radius 3 is 2.83 bits per heavy atom. The second-order valence-corrected chi connectivity index (χ2v) is 6.28. The van der Waals surface area contributed by atoms with Gasteiger partial charge in [-0.3, -0.25) is 9.78 Å². The van der Waals surface area contributed by atoms with Crippen molar-refractivity contribution in [1.29, 1.82) is 0 Å². The molecule has 0 radical (unpaired) electrons. The van der Waals surface area contributed by atoms with Crippen molar-refractivity contribution < 1.29 is 14.3 Å². The molecular weight excluding hydrogens is 306 g/mol. The number of amides is 1. The minimum Gasteiger partial charge on any atom is -0.494 e. The lowest BCUT2D eigenvalue weighted by molar-refractivity contribution is -0.132. The van der Waals surface area contributed by atoms with Crippen molar-refractivity contribution in [2.75, 3.05) is 32.2 Å². The number of carbonyl (C=O) groups is 1. The summed E-state index contributed by atoms with van der Waals surface area (Å²) in [7, 11) is 1.63. The molecule has 0 atom stereocenters. The Hall–Kier alpha value is -2.34. The first-order valence-corrected chi connectivity index (χ1v) is 8.11. The Morgan fingerprint density at radius 1 is 1.42 bits per heavy atom. The summed E-state index contributed by atoms with van der Waals surface area (Å²) in [5.41, 5.74) is 7.90. The molecule has 3 rings (SSSR count). The van der Waals surface area contributed by atoms with Crippen molar-refractivity contribution in [1.82, 2.24) is 4.98 Å². The van der Waals surface area contributed by atoms with Crippen LogP contribution in [0.1, 0.15) is 18.4 Å². The third-order valence-corrected chi connectivity index (χ3v) is 4.85. The number of hydrogen-bond donors (Lipinski definition) is 2. The predicted octanol–water partition coefficient (Wildman–Crippen LogP) is 2.25. The first kappa shape index (κ1) is 16.5. The van der Waals surface area contributed by atoms with Crippen LogP contribution in [0.4, 0.5) is 5.69 Å². The number of carbonyl (C=O) groups excluding carboxylic acids is 1. The van der Waals surface area contributed by atoms with Gasteiger partial charge in [0.1, 0.15) is 11.3 Å². The lowest BCUT2D eigenvalue weighted by Gasteiger charge is -2.34. The van der Waals surface area contributed by atoms with E-state index >= 15 is 0 Å². The number of nitrogens with one attached hydrogen (secondary N) is 1. The summed E-state index contributed by atoms with van der Waals surface area (Å²) in [6, 6.07) is 5.82. The molecule has 0 spiro atoms. The molecule has 6 heteroatoms. The molecule has 0 bridgehead atoms. The van der Waals surface area contributed by atoms with Crippen LogP contribution in [0.15, 0.2) is 24.4 Å². The van der Waals surface area contributed by atoms with Gasteiger partial charge in [0.15, 0.2) is 0 Å². The van der Waals surface area contributed by atoms with Gasteiger partial charge in [-0.15, -0.1) is 0 Å². The fourth-order valence-corrected chi connectivity index (χ4v) is 3.22. The first-order valence-electron chi connectivity index (χ1n) is 8.11. The Labute approximate surface area is 141 Å². The molecule has 1 saturated heterocycles. The van der Waals surface area contributed by atoms with Crippen LogP contribution in [0.25, 0.3) is 10.9 Å². The average Bonchev–Trinajstić information content (AvgIpc) is 2.60. The number of anilines is 1. The highest BCUT2D eigenvalue weighted by Crippen LogP contribution is 2.34. The first-order chi connectivity index (χ1) is 11.6. The van der Waals surface area contributed by atoms with Gasteiger partial charge in [0.25, 0.3) is 0 Å². The van der Waals surface area contributed by atoms with Gasteiger partial charge >= 0.3 is 0 Å². The number of ether oxygens (including phenoxy) is 2. The van der Waals surface area contributed by atoms with Crippen LogP contribution >= 0.6 is 0 Å². The van der Waals surface area contributed by atoms with Gasteiger partial charge in [-0.1, -0.05) is 12.1 Å². The normalized spacial score (nSPS) is 16.8. The van der Waals surface area contributed by atoms with Gasteiger partial charge in [-0.2, -0.15) is 0 Å². The highest BCUT2D eigenvalue weighted by atomic mass is 16.5. The molecular formula is C18H23N3O3. The summed E-state index contributed by atoms with van der Waals surface area (Å²) in [4.78, 5) is 16.5. The molecule has 24 heavy (non-hydrogen) atoms. The van der Waals surface area contributed by atoms with E-state index < -0.39 is 5.41 Å². The van der Waals surface area contributed by atoms with Gasteiger partial charge in [0.2, 0.25) is 5.91 Å². The zero-order valence-corrected chi connectivity index (χ0v) is 14.1. The smallest absolute Gasteiger partial charge is 0.225 e. The summed E-state index contributed by atoms with van der Waals surface area (Å²) < 4.78 is 10.8. The van der Waals surface area contributed by atoms with E-state index in [9.17, 15) is 4.79 Å². The topological polar surface area (TPSA) is 86.5 Å². The number of aromatic nitrogens is 1. The van der Waals surface area contributed by atoms with Crippen LogP contribution < -0.4 is 15.8 Å². The number of primary amides is 1. The Bertz CT molecular complexity index is 755. The number of pyridine rings is 1. The SMILES string of the molecule is COc1cccc2c(NCC3(C(N)=O)CCOCC3)c(C)cnc12. The standard InChI is InChI=1S/C18H23N3O3/c1-12-10-20-16-13(4-3-5-14(16)23-2)15(12)21-11-18(17(19)22)6-8-24-9-7-18/h3-5,10H,6-9,11H2,1-2H3,(H2,19,22)(H,20,21). The number of rotatable bonds is 5. The number of para-hydroxylation sites is 1. The van der Waals surface area contributed by atoms with Crippen LogP contribution in [-0.2, 0) is 9.53 Å². The number of nitrogens with two attached hydrogens (primary N) is 1. The zero-order valence-electron chi connectivity index (χ0n) is 14.1. The van der Waals surface area contributed by atoms with Crippen LogP contribution in [0.3, 0.4) is 0 Å². The minimum atomic E-state index is -0.570. The van der Waals surface area contributed by atoms with E-state index in [1.807, 2.05) is 31.3 Å². The average molecular weight is 329 g/mol. The van der Waals surface area contributed by atoms with Gasteiger partial charge in [0.05, 0.1) is 12.5 Å². The third kappa shape index (κ3) is 2.89. The molecule has 1 aliphatic rings. The molecule has 1 aliphatic heterocycles. The van der Waals surface area contributed by atoms with E-state index in [2.05, 4.69) is 10.3 Å². The van der Waals surface area contributed by atoms with Gasteiger partial charge in [-0.25, -0.2) is 0 Å². The van der Waals surface area contributed by atoms with E-state index in [0.717, 1.165) is 27.9 Å². The molecule has 0 aliphatic carbocycles. The molecule has 2 heterocycles. The van der Waals surface area contributed by atoms with Gasteiger partial charge in [-0.05, 0) is 31.4 Å². The molecule has 1 amide bonds. The van der Waals surface area contributed by atoms with Gasteiger partial charge in [0, 0.05) is 37.0 Å². The molecule has 0 unspecified atom stereocenters. The highest BCUT2D eigenvalue weighted by Gasteiger charge is 2.38. The molecule has 128 valence electrons. The second-order valence-electron chi connectivity index (χ2n) is 6.28. The molecule has 1 fully saturated rings. The number of aryl methyl sites for hydroxylation is 1. The maximum atomic E-state index is 12.0. The van der Waals surface area contributed by atoms with Crippen molar-refractivity contribution >= 4 is 22.5 Å². The quantitative estimate of drug-likeness (QED) is 0.878. The summed E-state index contributed by atoms with van der Waals surface area (Å²) in [6.07, 6.45) is 3.09. The summed E-state index contributed by atoms with van der Waals surface area (Å²) in [6.45, 7) is 3.61. The number of methoxy groups -OCH3 is 1. The maximum Gasteiger partial charge on any atom is 0.225 e. The van der Waals surface area contributed by atoms with Crippen molar-refractivity contribution in [2.24, 2.45) is 11.1 Å². The number of nitrogens with zero attached hydrogens (tertiary/aromatic N) is 1. The van der Waals surface area contributed by atoms with Crippen LogP contribution in [0, 0.1) is 12.3 Å². The van der Waals surface area contributed by atoms with Crippen LogP contribution in [0.5, 0.6) is 5.75 Å². The fraction of sp³-hybridized carbons (Fsp3) is 0.444. The minimum absolute atomic E-state index is 0.271. The summed E-state index contributed by atoms with van der Waals surface area (Å²) in [5, 5.41) is 4.42. The van der Waals surface area contributed by atoms with Crippen LogP contribution in [-0.4, -0.2) is 37.8 Å². The zero-order chi connectivity index (χ0) is 17.2. The largest absolute Gasteiger partial charge is 0.494 e.